The lowest BCUT2D eigenvalue weighted by Crippen LogP contribution is -2.55. The number of ether oxygens (including phenoxy) is 2. The summed E-state index contributed by atoms with van der Waals surface area (Å²) in [6.07, 6.45) is 1.86. The molecule has 1 N–H and O–H groups in total. The summed E-state index contributed by atoms with van der Waals surface area (Å²) >= 11 is 0. The van der Waals surface area contributed by atoms with Gasteiger partial charge in [0, 0.05) is 0 Å². The van der Waals surface area contributed by atoms with Gasteiger partial charge in [0.25, 0.3) is 0 Å². The Hall–Kier alpha value is -0.610. The van der Waals surface area contributed by atoms with E-state index in [2.05, 4.69) is 19.2 Å². The highest BCUT2D eigenvalue weighted by Crippen LogP contribution is 2.17. The van der Waals surface area contributed by atoms with Gasteiger partial charge < -0.3 is 14.8 Å². The Morgan fingerprint density at radius 1 is 1.24 bits per heavy atom. The van der Waals surface area contributed by atoms with Crippen LogP contribution in [-0.2, 0) is 14.3 Å². The summed E-state index contributed by atoms with van der Waals surface area (Å²) in [5.41, 5.74) is -0.986. The molecule has 0 aromatic heterocycles. The Bertz CT molecular complexity index is 241. The number of esters is 1. The van der Waals surface area contributed by atoms with Crippen LogP contribution in [0.1, 0.15) is 47.5 Å². The predicted molar refractivity (Wildman–Crippen MR) is 69.0 cm³/mol. The van der Waals surface area contributed by atoms with Crippen LogP contribution in [-0.4, -0.2) is 37.4 Å². The van der Waals surface area contributed by atoms with Gasteiger partial charge in [-0.3, -0.25) is 0 Å². The highest BCUT2D eigenvalue weighted by atomic mass is 16.5. The number of nitrogens with one attached hydrogen (secondary N) is 1. The Balaban J connectivity index is 4.54. The van der Waals surface area contributed by atoms with Crippen LogP contribution >= 0.6 is 0 Å². The first-order chi connectivity index (χ1) is 7.81. The lowest BCUT2D eigenvalue weighted by molar-refractivity contribution is -0.153. The summed E-state index contributed by atoms with van der Waals surface area (Å²) in [7, 11) is 1.40. The van der Waals surface area contributed by atoms with Crippen LogP contribution in [0, 0.1) is 0 Å². The van der Waals surface area contributed by atoms with E-state index in [4.69, 9.17) is 9.47 Å². The Labute approximate surface area is 105 Å². The summed E-state index contributed by atoms with van der Waals surface area (Å²) in [4.78, 5) is 11.8. The topological polar surface area (TPSA) is 47.6 Å². The van der Waals surface area contributed by atoms with Crippen LogP contribution in [0.2, 0.25) is 0 Å². The van der Waals surface area contributed by atoms with Crippen molar-refractivity contribution in [3.63, 3.8) is 0 Å². The number of methoxy groups -OCH3 is 1. The summed E-state index contributed by atoms with van der Waals surface area (Å²) in [5.74, 6) is -0.280. The van der Waals surface area contributed by atoms with Crippen LogP contribution in [0.15, 0.2) is 0 Å². The molecule has 4 nitrogen and oxygen atoms in total. The molecule has 0 rings (SSSR count). The molecule has 0 saturated carbocycles. The van der Waals surface area contributed by atoms with Crippen molar-refractivity contribution >= 4 is 5.97 Å². The van der Waals surface area contributed by atoms with Crippen LogP contribution in [0.3, 0.4) is 0 Å². The van der Waals surface area contributed by atoms with Gasteiger partial charge in [-0.1, -0.05) is 13.8 Å². The van der Waals surface area contributed by atoms with Crippen LogP contribution in [0.25, 0.3) is 0 Å². The zero-order valence-electron chi connectivity index (χ0n) is 12.1. The van der Waals surface area contributed by atoms with Gasteiger partial charge in [0.05, 0.1) is 19.3 Å². The molecule has 0 amide bonds. The SMILES string of the molecule is CCCNC(C)(COC(C)(C)CC)C(=O)OC. The maximum absolute atomic E-state index is 11.8. The second kappa shape index (κ2) is 6.97. The smallest absolute Gasteiger partial charge is 0.328 e. The predicted octanol–water partition coefficient (Wildman–Crippen LogP) is 2.12. The summed E-state index contributed by atoms with van der Waals surface area (Å²) in [5, 5.41) is 3.19. The molecule has 1 atom stereocenters. The molecule has 0 heterocycles. The molecule has 0 aromatic rings. The Kier molecular flexibility index (Phi) is 6.72. The molecule has 102 valence electrons. The van der Waals surface area contributed by atoms with Crippen molar-refractivity contribution in [2.45, 2.75) is 58.6 Å². The minimum absolute atomic E-state index is 0.219. The molecule has 4 heteroatoms. The number of hydrogen-bond donors (Lipinski definition) is 1. The van der Waals surface area contributed by atoms with Gasteiger partial charge in [0.15, 0.2) is 0 Å². The first kappa shape index (κ1) is 16.4. The minimum Gasteiger partial charge on any atom is -0.468 e. The van der Waals surface area contributed by atoms with Crippen LogP contribution in [0.4, 0.5) is 0 Å². The van der Waals surface area contributed by atoms with E-state index in [1.165, 1.54) is 7.11 Å². The zero-order valence-corrected chi connectivity index (χ0v) is 12.1. The lowest BCUT2D eigenvalue weighted by Gasteiger charge is -2.32. The molecule has 0 aliphatic carbocycles. The van der Waals surface area contributed by atoms with Crippen molar-refractivity contribution in [2.24, 2.45) is 0 Å². The second-order valence-electron chi connectivity index (χ2n) is 5.15. The molecule has 0 aliphatic rings. The Morgan fingerprint density at radius 2 is 1.82 bits per heavy atom. The van der Waals surface area contributed by atoms with E-state index < -0.39 is 5.54 Å². The van der Waals surface area contributed by atoms with E-state index in [0.29, 0.717) is 6.61 Å². The number of hydrogen-bond acceptors (Lipinski definition) is 4. The molecule has 0 fully saturated rings. The molecule has 0 saturated heterocycles. The molecule has 0 radical (unpaired) electrons. The maximum Gasteiger partial charge on any atom is 0.328 e. The molecular weight excluding hydrogens is 218 g/mol. The monoisotopic (exact) mass is 245 g/mol. The Morgan fingerprint density at radius 3 is 2.24 bits per heavy atom. The number of carbonyl (C=O) groups is 1. The van der Waals surface area contributed by atoms with Gasteiger partial charge in [0.2, 0.25) is 0 Å². The standard InChI is InChI=1S/C13H27NO3/c1-7-9-14-13(5,11(15)16-6)10-17-12(3,4)8-2/h14H,7-10H2,1-6H3. The quantitative estimate of drug-likeness (QED) is 0.665. The molecule has 1 unspecified atom stereocenters. The van der Waals surface area contributed by atoms with Crippen molar-refractivity contribution in [1.29, 1.82) is 0 Å². The third-order valence-electron chi connectivity index (χ3n) is 3.00. The van der Waals surface area contributed by atoms with E-state index in [9.17, 15) is 4.79 Å². The van der Waals surface area contributed by atoms with Crippen LogP contribution < -0.4 is 5.32 Å². The second-order valence-corrected chi connectivity index (χ2v) is 5.15. The van der Waals surface area contributed by atoms with E-state index in [1.54, 1.807) is 0 Å². The summed E-state index contributed by atoms with van der Waals surface area (Å²) in [6.45, 7) is 11.1. The van der Waals surface area contributed by atoms with Crippen molar-refractivity contribution < 1.29 is 14.3 Å². The highest BCUT2D eigenvalue weighted by molar-refractivity contribution is 5.80. The fourth-order valence-electron chi connectivity index (χ4n) is 1.25. The molecule has 0 aromatic carbocycles. The van der Waals surface area contributed by atoms with Gasteiger partial charge in [-0.2, -0.15) is 0 Å². The maximum atomic E-state index is 11.8. The van der Waals surface area contributed by atoms with Crippen molar-refractivity contribution in [1.82, 2.24) is 5.32 Å². The number of carbonyl (C=O) groups excluding carboxylic acids is 1. The lowest BCUT2D eigenvalue weighted by atomic mass is 10.0. The van der Waals surface area contributed by atoms with Gasteiger partial charge in [-0.05, 0) is 40.2 Å². The first-order valence-corrected chi connectivity index (χ1v) is 6.28. The molecule has 0 spiro atoms. The third-order valence-corrected chi connectivity index (χ3v) is 3.00. The normalized spacial score (nSPS) is 15.4. The van der Waals surface area contributed by atoms with E-state index in [0.717, 1.165) is 19.4 Å². The average molecular weight is 245 g/mol. The summed E-state index contributed by atoms with van der Waals surface area (Å²) in [6, 6.07) is 0. The largest absolute Gasteiger partial charge is 0.468 e. The molecule has 0 bridgehead atoms. The van der Waals surface area contributed by atoms with E-state index in [1.807, 2.05) is 20.8 Å². The molecule has 0 aliphatic heterocycles. The zero-order chi connectivity index (χ0) is 13.5. The van der Waals surface area contributed by atoms with Gasteiger partial charge >= 0.3 is 5.97 Å². The van der Waals surface area contributed by atoms with Crippen molar-refractivity contribution in [2.75, 3.05) is 20.3 Å². The summed E-state index contributed by atoms with van der Waals surface area (Å²) < 4.78 is 10.6. The van der Waals surface area contributed by atoms with Gasteiger partial charge in [-0.15, -0.1) is 0 Å². The fourth-order valence-corrected chi connectivity index (χ4v) is 1.25. The minimum atomic E-state index is -0.767. The average Bonchev–Trinajstić information content (AvgIpc) is 2.33. The highest BCUT2D eigenvalue weighted by Gasteiger charge is 2.35. The van der Waals surface area contributed by atoms with E-state index in [-0.39, 0.29) is 11.6 Å². The van der Waals surface area contributed by atoms with Crippen LogP contribution in [0.5, 0.6) is 0 Å². The van der Waals surface area contributed by atoms with Crippen molar-refractivity contribution in [3.8, 4) is 0 Å². The van der Waals surface area contributed by atoms with Gasteiger partial charge in [-0.25, -0.2) is 4.79 Å². The first-order valence-electron chi connectivity index (χ1n) is 6.28. The van der Waals surface area contributed by atoms with Crippen molar-refractivity contribution in [3.05, 3.63) is 0 Å². The third kappa shape index (κ3) is 5.50. The number of rotatable bonds is 8. The fraction of sp³-hybridized carbons (Fsp3) is 0.923. The molecular formula is C13H27NO3. The van der Waals surface area contributed by atoms with Gasteiger partial charge in [0.1, 0.15) is 5.54 Å². The van der Waals surface area contributed by atoms with E-state index >= 15 is 0 Å². The molecule has 17 heavy (non-hydrogen) atoms.